The third-order valence-electron chi connectivity index (χ3n) is 8.63. The van der Waals surface area contributed by atoms with Crippen LogP contribution in [-0.2, 0) is 16.1 Å². The number of benzene rings is 5. The van der Waals surface area contributed by atoms with E-state index in [-0.39, 0.29) is 5.97 Å². The Morgan fingerprint density at radius 1 is 0.615 bits per heavy atom. The lowest BCUT2D eigenvalue weighted by Gasteiger charge is -2.11. The average Bonchev–Trinajstić information content (AvgIpc) is 3.17. The fraction of sp³-hybridized carbons (Fsp3) is 0.295. The molecular formula is C44H49N5O3. The zero-order valence-corrected chi connectivity index (χ0v) is 30.4. The summed E-state index contributed by atoms with van der Waals surface area (Å²) in [5.74, 6) is 0.541. The second-order valence-electron chi connectivity index (χ2n) is 13.0. The SMILES string of the molecule is C=C(C)C(=O)OCCCCCCCCCCOc1ccc(N=Nc2ccc(N=Nc3ccc(NCc4ccc(C)cc4)c4ccccc34)cc2)cc1. The maximum Gasteiger partial charge on any atom is 0.333 e. The van der Waals surface area contributed by atoms with Crippen LogP contribution >= 0.6 is 0 Å². The minimum atomic E-state index is -0.294. The molecular weight excluding hydrogens is 647 g/mol. The number of azo groups is 2. The van der Waals surface area contributed by atoms with E-state index in [2.05, 4.69) is 81.7 Å². The Kier molecular flexibility index (Phi) is 14.7. The van der Waals surface area contributed by atoms with Crippen LogP contribution < -0.4 is 10.1 Å². The summed E-state index contributed by atoms with van der Waals surface area (Å²) >= 11 is 0. The fourth-order valence-electron chi connectivity index (χ4n) is 5.59. The Labute approximate surface area is 307 Å². The van der Waals surface area contributed by atoms with Gasteiger partial charge in [0.25, 0.3) is 0 Å². The summed E-state index contributed by atoms with van der Waals surface area (Å²) in [5.41, 5.74) is 7.06. The highest BCUT2D eigenvalue weighted by molar-refractivity contribution is 6.00. The number of unbranched alkanes of at least 4 members (excludes halogenated alkanes) is 7. The lowest BCUT2D eigenvalue weighted by molar-refractivity contribution is -0.139. The van der Waals surface area contributed by atoms with E-state index < -0.39 is 0 Å². The standard InChI is InChI=1S/C44H49N5O3/c1-33(2)44(50)52-31-13-9-7-5-4-6-8-12-30-51-39-26-24-38(25-27-39)47-46-36-20-22-37(23-21-36)48-49-43-29-28-42(40-14-10-11-15-41(40)43)45-32-35-18-16-34(3)17-19-35/h10-11,14-29,45H,1,4-9,12-13,30-32H2,2-3H3. The van der Waals surface area contributed by atoms with Gasteiger partial charge < -0.3 is 14.8 Å². The first kappa shape index (κ1) is 37.6. The van der Waals surface area contributed by atoms with Gasteiger partial charge in [-0.15, -0.1) is 5.11 Å². The Bertz CT molecular complexity index is 1930. The topological polar surface area (TPSA) is 97.0 Å². The Hall–Kier alpha value is -5.63. The van der Waals surface area contributed by atoms with E-state index in [9.17, 15) is 4.79 Å². The van der Waals surface area contributed by atoms with Crippen LogP contribution in [0, 0.1) is 6.92 Å². The molecule has 5 rings (SSSR count). The molecule has 0 radical (unpaired) electrons. The van der Waals surface area contributed by atoms with E-state index >= 15 is 0 Å². The van der Waals surface area contributed by atoms with Crippen LogP contribution in [0.5, 0.6) is 5.75 Å². The number of hydrogen-bond acceptors (Lipinski definition) is 8. The number of nitrogens with zero attached hydrogens (tertiary/aromatic N) is 4. The predicted octanol–water partition coefficient (Wildman–Crippen LogP) is 13.2. The molecule has 0 aliphatic carbocycles. The molecule has 8 heteroatoms. The molecule has 52 heavy (non-hydrogen) atoms. The van der Waals surface area contributed by atoms with Crippen molar-refractivity contribution in [3.63, 3.8) is 0 Å². The fourth-order valence-corrected chi connectivity index (χ4v) is 5.59. The number of nitrogens with one attached hydrogen (secondary N) is 1. The first-order valence-electron chi connectivity index (χ1n) is 18.2. The number of anilines is 1. The highest BCUT2D eigenvalue weighted by Crippen LogP contribution is 2.33. The first-order chi connectivity index (χ1) is 25.4. The molecule has 0 heterocycles. The Morgan fingerprint density at radius 2 is 1.15 bits per heavy atom. The molecule has 0 saturated heterocycles. The molecule has 0 aliphatic heterocycles. The van der Waals surface area contributed by atoms with Crippen molar-refractivity contribution in [3.8, 4) is 5.75 Å². The summed E-state index contributed by atoms with van der Waals surface area (Å²) in [4.78, 5) is 11.4. The van der Waals surface area contributed by atoms with Gasteiger partial charge in [-0.2, -0.15) is 15.3 Å². The van der Waals surface area contributed by atoms with Gasteiger partial charge >= 0.3 is 5.97 Å². The molecule has 0 atom stereocenters. The number of aryl methyl sites for hydroxylation is 1. The largest absolute Gasteiger partial charge is 0.494 e. The van der Waals surface area contributed by atoms with Crippen molar-refractivity contribution in [3.05, 3.63) is 132 Å². The van der Waals surface area contributed by atoms with Crippen LogP contribution in [0.4, 0.5) is 28.4 Å². The molecule has 0 spiro atoms. The molecule has 0 bridgehead atoms. The Morgan fingerprint density at radius 3 is 1.77 bits per heavy atom. The molecule has 0 amide bonds. The summed E-state index contributed by atoms with van der Waals surface area (Å²) < 4.78 is 11.0. The van der Waals surface area contributed by atoms with E-state index in [1.165, 1.54) is 36.8 Å². The molecule has 5 aromatic carbocycles. The number of carbonyl (C=O) groups excluding carboxylic acids is 1. The summed E-state index contributed by atoms with van der Waals surface area (Å²) in [6.45, 7) is 9.30. The molecule has 0 unspecified atom stereocenters. The van der Waals surface area contributed by atoms with Gasteiger partial charge in [0.05, 0.1) is 36.0 Å². The number of rotatable bonds is 20. The van der Waals surface area contributed by atoms with E-state index in [4.69, 9.17) is 9.47 Å². The molecule has 5 aromatic rings. The van der Waals surface area contributed by atoms with Gasteiger partial charge in [-0.1, -0.05) is 99.2 Å². The van der Waals surface area contributed by atoms with Gasteiger partial charge in [0.1, 0.15) is 5.75 Å². The quantitative estimate of drug-likeness (QED) is 0.0379. The summed E-state index contributed by atoms with van der Waals surface area (Å²) in [7, 11) is 0. The second-order valence-corrected chi connectivity index (χ2v) is 13.0. The van der Waals surface area contributed by atoms with Gasteiger partial charge in [-0.05, 0) is 92.9 Å². The summed E-state index contributed by atoms with van der Waals surface area (Å²) in [5, 5.41) is 23.6. The minimum absolute atomic E-state index is 0.294. The zero-order chi connectivity index (χ0) is 36.4. The molecule has 1 N–H and O–H groups in total. The van der Waals surface area contributed by atoms with Crippen molar-refractivity contribution in [1.82, 2.24) is 0 Å². The van der Waals surface area contributed by atoms with Crippen LogP contribution in [0.1, 0.15) is 69.4 Å². The number of esters is 1. The summed E-state index contributed by atoms with van der Waals surface area (Å²) in [6.07, 6.45) is 8.99. The number of fused-ring (bicyclic) bond motifs is 1. The van der Waals surface area contributed by atoms with Gasteiger partial charge in [0.2, 0.25) is 0 Å². The highest BCUT2D eigenvalue weighted by Gasteiger charge is 2.06. The molecule has 268 valence electrons. The zero-order valence-electron chi connectivity index (χ0n) is 30.4. The van der Waals surface area contributed by atoms with Crippen molar-refractivity contribution < 1.29 is 14.3 Å². The van der Waals surface area contributed by atoms with Crippen molar-refractivity contribution in [1.29, 1.82) is 0 Å². The molecule has 8 nitrogen and oxygen atoms in total. The normalized spacial score (nSPS) is 11.3. The van der Waals surface area contributed by atoms with Gasteiger partial charge in [0.15, 0.2) is 0 Å². The second kappa shape index (κ2) is 20.3. The van der Waals surface area contributed by atoms with Gasteiger partial charge in [0, 0.05) is 28.6 Å². The van der Waals surface area contributed by atoms with E-state index in [0.717, 1.165) is 77.2 Å². The van der Waals surface area contributed by atoms with Crippen molar-refractivity contribution in [2.45, 2.75) is 71.8 Å². The monoisotopic (exact) mass is 695 g/mol. The summed E-state index contributed by atoms with van der Waals surface area (Å²) in [6, 6.07) is 36.1. The van der Waals surface area contributed by atoms with Crippen LogP contribution in [0.25, 0.3) is 10.8 Å². The minimum Gasteiger partial charge on any atom is -0.494 e. The number of hydrogen-bond donors (Lipinski definition) is 1. The van der Waals surface area contributed by atoms with Crippen molar-refractivity contribution in [2.24, 2.45) is 20.5 Å². The van der Waals surface area contributed by atoms with E-state index in [1.807, 2.05) is 66.7 Å². The highest BCUT2D eigenvalue weighted by atomic mass is 16.5. The van der Waals surface area contributed by atoms with Crippen LogP contribution in [0.3, 0.4) is 0 Å². The smallest absolute Gasteiger partial charge is 0.333 e. The third-order valence-corrected chi connectivity index (χ3v) is 8.63. The van der Waals surface area contributed by atoms with Gasteiger partial charge in [-0.25, -0.2) is 4.79 Å². The van der Waals surface area contributed by atoms with Crippen molar-refractivity contribution >= 4 is 45.2 Å². The van der Waals surface area contributed by atoms with Gasteiger partial charge in [-0.3, -0.25) is 0 Å². The molecule has 0 aliphatic rings. The van der Waals surface area contributed by atoms with Crippen LogP contribution in [0.2, 0.25) is 0 Å². The van der Waals surface area contributed by atoms with Crippen LogP contribution in [0.15, 0.2) is 142 Å². The lowest BCUT2D eigenvalue weighted by Crippen LogP contribution is -2.05. The van der Waals surface area contributed by atoms with Crippen LogP contribution in [-0.4, -0.2) is 19.2 Å². The van der Waals surface area contributed by atoms with E-state index in [1.54, 1.807) is 6.92 Å². The maximum atomic E-state index is 11.4. The molecule has 0 aromatic heterocycles. The van der Waals surface area contributed by atoms with E-state index in [0.29, 0.717) is 18.8 Å². The predicted molar refractivity (Wildman–Crippen MR) is 212 cm³/mol. The average molecular weight is 696 g/mol. The third kappa shape index (κ3) is 12.3. The molecule has 0 saturated carbocycles. The maximum absolute atomic E-state index is 11.4. The number of ether oxygens (including phenoxy) is 2. The first-order valence-corrected chi connectivity index (χ1v) is 18.2. The Balaban J connectivity index is 1.01. The lowest BCUT2D eigenvalue weighted by atomic mass is 10.1. The van der Waals surface area contributed by atoms with Crippen molar-refractivity contribution in [2.75, 3.05) is 18.5 Å². The number of carbonyl (C=O) groups is 1. The molecule has 0 fully saturated rings.